The number of sulfonamides is 1. The number of carbonyl (C=O) groups excluding carboxylic acids is 1. The summed E-state index contributed by atoms with van der Waals surface area (Å²) >= 11 is 1.31. The quantitative estimate of drug-likeness (QED) is 0.459. The van der Waals surface area contributed by atoms with Gasteiger partial charge in [0.05, 0.1) is 17.9 Å². The maximum absolute atomic E-state index is 13.5. The summed E-state index contributed by atoms with van der Waals surface area (Å²) in [4.78, 5) is 25.6. The summed E-state index contributed by atoms with van der Waals surface area (Å²) in [5.74, 6) is 0.455. The van der Waals surface area contributed by atoms with Gasteiger partial charge >= 0.3 is 0 Å². The Morgan fingerprint density at radius 2 is 1.78 bits per heavy atom. The molecule has 11 heteroatoms. The first-order chi connectivity index (χ1) is 17.8. The van der Waals surface area contributed by atoms with Crippen LogP contribution in [0.25, 0.3) is 10.3 Å². The molecule has 2 aromatic heterocycles. The van der Waals surface area contributed by atoms with Gasteiger partial charge in [-0.25, -0.2) is 18.4 Å². The first-order valence-corrected chi connectivity index (χ1v) is 15.0. The number of pyridine rings is 1. The lowest BCUT2D eigenvalue weighted by atomic mass is 9.87. The molecule has 1 aromatic carbocycles. The highest BCUT2D eigenvalue weighted by molar-refractivity contribution is 7.89. The molecule has 1 amide bonds. The molecule has 0 unspecified atom stereocenters. The highest BCUT2D eigenvalue weighted by Gasteiger charge is 2.30. The first kappa shape index (κ1) is 26.0. The second-order valence-corrected chi connectivity index (χ2v) is 12.8. The van der Waals surface area contributed by atoms with Gasteiger partial charge in [-0.2, -0.15) is 4.31 Å². The van der Waals surface area contributed by atoms with Crippen molar-refractivity contribution in [2.24, 2.45) is 5.92 Å². The van der Waals surface area contributed by atoms with Gasteiger partial charge in [-0.05, 0) is 43.1 Å². The minimum Gasteiger partial charge on any atom is -0.481 e. The van der Waals surface area contributed by atoms with Gasteiger partial charge in [-0.15, -0.1) is 0 Å². The molecule has 2 fully saturated rings. The number of amides is 1. The van der Waals surface area contributed by atoms with Crippen molar-refractivity contribution in [3.05, 3.63) is 42.0 Å². The smallest absolute Gasteiger partial charge is 0.243 e. The van der Waals surface area contributed by atoms with Crippen LogP contribution < -0.4 is 10.1 Å². The minimum absolute atomic E-state index is 0.132. The molecule has 0 bridgehead atoms. The molecule has 5 rings (SSSR count). The molecular weight excluding hydrogens is 510 g/mol. The number of methoxy groups -OCH3 is 1. The zero-order chi connectivity index (χ0) is 26.0. The van der Waals surface area contributed by atoms with E-state index < -0.39 is 15.9 Å². The van der Waals surface area contributed by atoms with Crippen LogP contribution in [-0.2, 0) is 14.8 Å². The van der Waals surface area contributed by atoms with Gasteiger partial charge in [0.2, 0.25) is 21.8 Å². The van der Waals surface area contributed by atoms with Crippen LogP contribution in [0.3, 0.4) is 0 Å². The normalized spacial score (nSPS) is 18.8. The first-order valence-electron chi connectivity index (χ1n) is 12.7. The number of ether oxygens (including phenoxy) is 1. The van der Waals surface area contributed by atoms with Crippen LogP contribution in [0.2, 0.25) is 0 Å². The molecule has 1 saturated carbocycles. The summed E-state index contributed by atoms with van der Waals surface area (Å²) in [6.07, 6.45) is 5.33. The number of hydrogen-bond donors (Lipinski definition) is 1. The van der Waals surface area contributed by atoms with Crippen LogP contribution in [0.1, 0.15) is 43.6 Å². The average Bonchev–Trinajstić information content (AvgIpc) is 3.56. The predicted octanol–water partition coefficient (Wildman–Crippen LogP) is 3.94. The lowest BCUT2D eigenvalue weighted by molar-refractivity contribution is -0.118. The van der Waals surface area contributed by atoms with Crippen LogP contribution in [-0.4, -0.2) is 73.8 Å². The maximum Gasteiger partial charge on any atom is 0.243 e. The molecule has 1 aliphatic heterocycles. The fourth-order valence-corrected chi connectivity index (χ4v) is 7.44. The Kier molecular flexibility index (Phi) is 7.75. The highest BCUT2D eigenvalue weighted by Crippen LogP contribution is 2.36. The number of benzene rings is 1. The third-order valence-corrected chi connectivity index (χ3v) is 10.2. The van der Waals surface area contributed by atoms with Gasteiger partial charge in [0, 0.05) is 32.2 Å². The van der Waals surface area contributed by atoms with Crippen molar-refractivity contribution in [2.75, 3.05) is 45.7 Å². The summed E-state index contributed by atoms with van der Waals surface area (Å²) in [7, 11) is -0.000435. The number of aromatic nitrogens is 2. The molecule has 9 nitrogen and oxygen atoms in total. The number of hydrogen-bond acceptors (Lipinski definition) is 8. The van der Waals surface area contributed by atoms with Gasteiger partial charge in [0.15, 0.2) is 5.13 Å². The molecule has 2 aliphatic rings. The number of nitrogens with one attached hydrogen (secondary N) is 1. The Morgan fingerprint density at radius 3 is 2.46 bits per heavy atom. The summed E-state index contributed by atoms with van der Waals surface area (Å²) in [6.45, 7) is 2.40. The second kappa shape index (κ2) is 11.0. The highest BCUT2D eigenvalue weighted by atomic mass is 32.2. The van der Waals surface area contributed by atoms with Crippen molar-refractivity contribution in [3.63, 3.8) is 0 Å². The van der Waals surface area contributed by atoms with Gasteiger partial charge < -0.3 is 15.0 Å². The lowest BCUT2D eigenvalue weighted by Gasteiger charge is -2.31. The molecule has 37 heavy (non-hydrogen) atoms. The summed E-state index contributed by atoms with van der Waals surface area (Å²) in [6, 6.07) is 10.5. The molecule has 1 saturated heterocycles. The average molecular weight is 544 g/mol. The van der Waals surface area contributed by atoms with E-state index >= 15 is 0 Å². The zero-order valence-corrected chi connectivity index (χ0v) is 22.9. The number of likely N-dealkylation sites (N-methyl/N-ethyl adjacent to an activating group) is 1. The maximum atomic E-state index is 13.5. The molecule has 0 spiro atoms. The standard InChI is InChI=1S/C26H33N5O4S2/c1-30-13-15-31(16-14-30)37(33,34)20-9-7-19(8-10-20)21(17-18-5-3-4-6-18)24(32)29-26-27-22-11-12-23(35-2)28-25(22)36-26/h7-12,18,21H,3-6,13-17H2,1-2H3,(H,27,29,32)/t21-/m1/s1. The Hall–Kier alpha value is -2.60. The number of rotatable bonds is 8. The number of thiazole rings is 1. The molecule has 3 heterocycles. The van der Waals surface area contributed by atoms with E-state index in [-0.39, 0.29) is 10.8 Å². The van der Waals surface area contributed by atoms with Crippen molar-refractivity contribution >= 4 is 42.7 Å². The number of fused-ring (bicyclic) bond motifs is 1. The van der Waals surface area contributed by atoms with E-state index in [1.807, 2.05) is 13.1 Å². The topological polar surface area (TPSA) is 105 Å². The van der Waals surface area contributed by atoms with Gasteiger partial charge in [-0.1, -0.05) is 49.2 Å². The van der Waals surface area contributed by atoms with E-state index in [9.17, 15) is 13.2 Å². The number of piperazine rings is 1. The second-order valence-electron chi connectivity index (χ2n) is 9.90. The van der Waals surface area contributed by atoms with Crippen molar-refractivity contribution in [1.29, 1.82) is 0 Å². The molecule has 1 aliphatic carbocycles. The van der Waals surface area contributed by atoms with E-state index in [0.717, 1.165) is 37.9 Å². The van der Waals surface area contributed by atoms with Crippen molar-refractivity contribution in [3.8, 4) is 5.88 Å². The predicted molar refractivity (Wildman–Crippen MR) is 145 cm³/mol. The van der Waals surface area contributed by atoms with E-state index in [1.165, 1.54) is 24.2 Å². The van der Waals surface area contributed by atoms with E-state index in [1.54, 1.807) is 41.7 Å². The van der Waals surface area contributed by atoms with Gasteiger partial charge in [0.25, 0.3) is 0 Å². The van der Waals surface area contributed by atoms with E-state index in [4.69, 9.17) is 4.74 Å². The van der Waals surface area contributed by atoms with E-state index in [0.29, 0.717) is 40.4 Å². The van der Waals surface area contributed by atoms with Gasteiger partial charge in [-0.3, -0.25) is 4.79 Å². The minimum atomic E-state index is -3.56. The number of carbonyl (C=O) groups is 1. The van der Waals surface area contributed by atoms with Crippen LogP contribution >= 0.6 is 11.3 Å². The van der Waals surface area contributed by atoms with Crippen LogP contribution in [0.5, 0.6) is 5.88 Å². The van der Waals surface area contributed by atoms with E-state index in [2.05, 4.69) is 20.2 Å². The molecule has 198 valence electrons. The van der Waals surface area contributed by atoms with Crippen molar-refractivity contribution < 1.29 is 17.9 Å². The molecule has 0 radical (unpaired) electrons. The largest absolute Gasteiger partial charge is 0.481 e. The Balaban J connectivity index is 1.36. The molecule has 1 N–H and O–H groups in total. The summed E-state index contributed by atoms with van der Waals surface area (Å²) < 4.78 is 33.1. The number of nitrogens with zero attached hydrogens (tertiary/aromatic N) is 4. The van der Waals surface area contributed by atoms with Crippen LogP contribution in [0.4, 0.5) is 5.13 Å². The Morgan fingerprint density at radius 1 is 1.08 bits per heavy atom. The van der Waals surface area contributed by atoms with Crippen molar-refractivity contribution in [1.82, 2.24) is 19.2 Å². The summed E-state index contributed by atoms with van der Waals surface area (Å²) in [5.41, 5.74) is 1.52. The molecule has 1 atom stereocenters. The van der Waals surface area contributed by atoms with Crippen LogP contribution in [0, 0.1) is 5.92 Å². The SMILES string of the molecule is COc1ccc2nc(NC(=O)[C@H](CC3CCCC3)c3ccc(S(=O)(=O)N4CCN(C)CC4)cc3)sc2n1. The summed E-state index contributed by atoms with van der Waals surface area (Å²) in [5, 5.41) is 3.49. The van der Waals surface area contributed by atoms with Crippen molar-refractivity contribution in [2.45, 2.75) is 42.9 Å². The monoisotopic (exact) mass is 543 g/mol. The fraction of sp³-hybridized carbons (Fsp3) is 0.500. The lowest BCUT2D eigenvalue weighted by Crippen LogP contribution is -2.47. The molecule has 3 aromatic rings. The van der Waals surface area contributed by atoms with Crippen LogP contribution in [0.15, 0.2) is 41.3 Å². The third kappa shape index (κ3) is 5.79. The Bertz CT molecular complexity index is 1350. The van der Waals surface area contributed by atoms with Gasteiger partial charge in [0.1, 0.15) is 10.3 Å². The zero-order valence-electron chi connectivity index (χ0n) is 21.2. The molecular formula is C26H33N5O4S2. The number of anilines is 1. The third-order valence-electron chi connectivity index (χ3n) is 7.41. The Labute approximate surface area is 221 Å². The fourth-order valence-electron chi connectivity index (χ4n) is 5.18.